The van der Waals surface area contributed by atoms with Crippen molar-refractivity contribution < 1.29 is 0 Å². The molecule has 6 nitrogen and oxygen atoms in total. The summed E-state index contributed by atoms with van der Waals surface area (Å²) in [4.78, 5) is 14.6. The summed E-state index contributed by atoms with van der Waals surface area (Å²) in [5, 5.41) is 5.71. The minimum atomic E-state index is 0.425. The van der Waals surface area contributed by atoms with Crippen molar-refractivity contribution in [2.24, 2.45) is 11.8 Å². The van der Waals surface area contributed by atoms with Gasteiger partial charge in [0, 0.05) is 22.4 Å². The van der Waals surface area contributed by atoms with E-state index in [1.807, 2.05) is 22.7 Å². The number of pyridine rings is 1. The number of hydrogen-bond acceptors (Lipinski definition) is 5. The minimum absolute atomic E-state index is 0.425. The lowest BCUT2D eigenvalue weighted by atomic mass is 9.67. The van der Waals surface area contributed by atoms with Crippen molar-refractivity contribution in [1.29, 1.82) is 0 Å². The minimum Gasteiger partial charge on any atom is -0.382 e. The van der Waals surface area contributed by atoms with E-state index >= 15 is 0 Å². The third kappa shape index (κ3) is 3.47. The zero-order valence-electron chi connectivity index (χ0n) is 20.6. The Balaban J connectivity index is 1.31. The lowest BCUT2D eigenvalue weighted by Crippen LogP contribution is -2.27. The van der Waals surface area contributed by atoms with Gasteiger partial charge >= 0.3 is 0 Å². The van der Waals surface area contributed by atoms with Gasteiger partial charge < -0.3 is 5.73 Å². The van der Waals surface area contributed by atoms with Crippen LogP contribution >= 0.6 is 0 Å². The molecule has 2 fully saturated rings. The molecule has 0 aliphatic heterocycles. The van der Waals surface area contributed by atoms with Crippen LogP contribution in [-0.4, -0.2) is 24.6 Å². The van der Waals surface area contributed by atoms with Crippen molar-refractivity contribution in [3.8, 4) is 22.5 Å². The molecule has 3 heterocycles. The Hall–Kier alpha value is -3.80. The second-order valence-electron chi connectivity index (χ2n) is 10.7. The summed E-state index contributed by atoms with van der Waals surface area (Å²) in [7, 11) is 0. The van der Waals surface area contributed by atoms with E-state index in [4.69, 9.17) is 15.7 Å². The Labute approximate surface area is 210 Å². The standard InChI is InChI=1S/C30H30N6/c1-18-24(12-10-22-11-13-25(34-26(18)22)21-8-3-2-4-9-21)27-28-29(31)32-17-33-36(28)30(35-27)23-15-20(16-23)14-19-6-5-7-19/h2-4,8-13,17,19-20,23H,5-7,14-16H2,1H3,(H2,31,32,33). The van der Waals surface area contributed by atoms with Gasteiger partial charge in [-0.05, 0) is 49.7 Å². The van der Waals surface area contributed by atoms with Crippen molar-refractivity contribution >= 4 is 22.2 Å². The summed E-state index contributed by atoms with van der Waals surface area (Å²) in [6.07, 6.45) is 9.56. The summed E-state index contributed by atoms with van der Waals surface area (Å²) in [6.45, 7) is 2.13. The van der Waals surface area contributed by atoms with Crippen molar-refractivity contribution in [2.75, 3.05) is 5.73 Å². The van der Waals surface area contributed by atoms with Crippen LogP contribution in [0, 0.1) is 18.8 Å². The second-order valence-corrected chi connectivity index (χ2v) is 10.7. The number of nitrogens with two attached hydrogens (primary N) is 1. The van der Waals surface area contributed by atoms with E-state index in [0.29, 0.717) is 11.7 Å². The lowest BCUT2D eigenvalue weighted by molar-refractivity contribution is 0.164. The summed E-state index contributed by atoms with van der Waals surface area (Å²) in [5.74, 6) is 3.68. The van der Waals surface area contributed by atoms with Crippen molar-refractivity contribution in [1.82, 2.24) is 24.6 Å². The summed E-state index contributed by atoms with van der Waals surface area (Å²) < 4.78 is 1.94. The molecule has 2 aliphatic carbocycles. The van der Waals surface area contributed by atoms with Gasteiger partial charge in [0.25, 0.3) is 0 Å². The molecular formula is C30H30N6. The smallest absolute Gasteiger partial charge is 0.153 e. The van der Waals surface area contributed by atoms with Crippen LogP contribution in [0.4, 0.5) is 5.82 Å². The van der Waals surface area contributed by atoms with E-state index in [1.165, 1.54) is 38.5 Å². The Morgan fingerprint density at radius 2 is 1.75 bits per heavy atom. The molecule has 0 unspecified atom stereocenters. The molecule has 5 aromatic rings. The Bertz CT molecular complexity index is 1580. The first-order chi connectivity index (χ1) is 17.7. The molecular weight excluding hydrogens is 444 g/mol. The highest BCUT2D eigenvalue weighted by Gasteiger charge is 2.37. The number of fused-ring (bicyclic) bond motifs is 2. The first-order valence-electron chi connectivity index (χ1n) is 13.1. The fourth-order valence-corrected chi connectivity index (χ4v) is 6.12. The maximum atomic E-state index is 6.42. The molecule has 2 aliphatic rings. The molecule has 0 radical (unpaired) electrons. The largest absolute Gasteiger partial charge is 0.382 e. The van der Waals surface area contributed by atoms with Gasteiger partial charge in [0.1, 0.15) is 23.4 Å². The van der Waals surface area contributed by atoms with Crippen LogP contribution in [0.3, 0.4) is 0 Å². The molecule has 180 valence electrons. The Morgan fingerprint density at radius 3 is 2.53 bits per heavy atom. The monoisotopic (exact) mass is 474 g/mol. The van der Waals surface area contributed by atoms with Crippen LogP contribution in [0.1, 0.15) is 55.8 Å². The topological polar surface area (TPSA) is 82.0 Å². The fourth-order valence-electron chi connectivity index (χ4n) is 6.12. The molecule has 2 saturated carbocycles. The number of hydrogen-bond donors (Lipinski definition) is 1. The van der Waals surface area contributed by atoms with E-state index in [1.54, 1.807) is 6.33 Å². The molecule has 6 heteroatoms. The van der Waals surface area contributed by atoms with Crippen LogP contribution in [0.15, 0.2) is 60.9 Å². The van der Waals surface area contributed by atoms with E-state index in [-0.39, 0.29) is 0 Å². The Kier molecular flexibility index (Phi) is 5.01. The first kappa shape index (κ1) is 21.5. The summed E-state index contributed by atoms with van der Waals surface area (Å²) >= 11 is 0. The van der Waals surface area contributed by atoms with Gasteiger partial charge in [0.2, 0.25) is 0 Å². The quantitative estimate of drug-likeness (QED) is 0.311. The molecule has 36 heavy (non-hydrogen) atoms. The van der Waals surface area contributed by atoms with Gasteiger partial charge in [-0.2, -0.15) is 5.10 Å². The van der Waals surface area contributed by atoms with Crippen LogP contribution < -0.4 is 5.73 Å². The van der Waals surface area contributed by atoms with Gasteiger partial charge in [-0.3, -0.25) is 0 Å². The second kappa shape index (κ2) is 8.40. The van der Waals surface area contributed by atoms with E-state index < -0.39 is 0 Å². The van der Waals surface area contributed by atoms with Gasteiger partial charge in [-0.1, -0.05) is 67.8 Å². The molecule has 0 bridgehead atoms. The molecule has 0 spiro atoms. The van der Waals surface area contributed by atoms with Gasteiger partial charge in [-0.25, -0.2) is 19.5 Å². The molecule has 2 N–H and O–H groups in total. The molecule has 3 aromatic heterocycles. The van der Waals surface area contributed by atoms with Crippen LogP contribution in [0.25, 0.3) is 38.9 Å². The Morgan fingerprint density at radius 1 is 0.944 bits per heavy atom. The number of benzene rings is 2. The number of aromatic nitrogens is 5. The summed E-state index contributed by atoms with van der Waals surface area (Å²) in [5.41, 5.74) is 13.3. The van der Waals surface area contributed by atoms with E-state index in [2.05, 4.69) is 53.4 Å². The highest BCUT2D eigenvalue weighted by molar-refractivity contribution is 5.94. The van der Waals surface area contributed by atoms with E-state index in [9.17, 15) is 0 Å². The van der Waals surface area contributed by atoms with Crippen LogP contribution in [0.2, 0.25) is 0 Å². The third-order valence-corrected chi connectivity index (χ3v) is 8.42. The molecule has 0 atom stereocenters. The predicted octanol–water partition coefficient (Wildman–Crippen LogP) is 6.58. The fraction of sp³-hybridized carbons (Fsp3) is 0.333. The maximum Gasteiger partial charge on any atom is 0.153 e. The highest BCUT2D eigenvalue weighted by atomic mass is 15.3. The van der Waals surface area contributed by atoms with Crippen LogP contribution in [0.5, 0.6) is 0 Å². The van der Waals surface area contributed by atoms with Crippen molar-refractivity contribution in [3.63, 3.8) is 0 Å². The number of nitrogens with zero attached hydrogens (tertiary/aromatic N) is 5. The zero-order valence-corrected chi connectivity index (χ0v) is 20.6. The number of anilines is 1. The number of rotatable bonds is 5. The van der Waals surface area contributed by atoms with E-state index in [0.717, 1.165) is 62.2 Å². The molecule has 2 aromatic carbocycles. The van der Waals surface area contributed by atoms with Gasteiger partial charge in [0.05, 0.1) is 11.2 Å². The third-order valence-electron chi connectivity index (χ3n) is 8.42. The molecule has 0 amide bonds. The van der Waals surface area contributed by atoms with Crippen LogP contribution in [-0.2, 0) is 0 Å². The average Bonchev–Trinajstić information content (AvgIpc) is 3.23. The maximum absolute atomic E-state index is 6.42. The number of imidazole rings is 1. The van der Waals surface area contributed by atoms with Crippen molar-refractivity contribution in [2.45, 2.75) is 51.4 Å². The van der Waals surface area contributed by atoms with Crippen molar-refractivity contribution in [3.05, 3.63) is 72.3 Å². The average molecular weight is 475 g/mol. The highest BCUT2D eigenvalue weighted by Crippen LogP contribution is 2.48. The van der Waals surface area contributed by atoms with Gasteiger partial charge in [0.15, 0.2) is 5.82 Å². The normalized spacial score (nSPS) is 19.9. The first-order valence-corrected chi connectivity index (χ1v) is 13.1. The number of aryl methyl sites for hydroxylation is 1. The molecule has 7 rings (SSSR count). The summed E-state index contributed by atoms with van der Waals surface area (Å²) in [6, 6.07) is 18.8. The SMILES string of the molecule is Cc1c(-c2nc(C3CC(CC4CCC4)C3)n3ncnc(N)c23)ccc2ccc(-c3ccccc3)nc12. The zero-order chi connectivity index (χ0) is 24.2. The number of nitrogen functional groups attached to an aromatic ring is 1. The van der Waals surface area contributed by atoms with Gasteiger partial charge in [-0.15, -0.1) is 0 Å². The lowest BCUT2D eigenvalue weighted by Gasteiger charge is -2.38. The molecule has 0 saturated heterocycles. The predicted molar refractivity (Wildman–Crippen MR) is 144 cm³/mol.